The molecule has 0 fully saturated rings. The Morgan fingerprint density at radius 1 is 1.13 bits per heavy atom. The lowest BCUT2D eigenvalue weighted by molar-refractivity contribution is 0.310. The first-order valence-electron chi connectivity index (χ1n) is 10.1. The maximum atomic E-state index is 12.2. The van der Waals surface area contributed by atoms with Gasteiger partial charge in [0.2, 0.25) is 10.0 Å². The van der Waals surface area contributed by atoms with Crippen LogP contribution in [0.5, 0.6) is 11.5 Å². The second kappa shape index (κ2) is 12.8. The first-order valence-corrected chi connectivity index (χ1v) is 11.6. The van der Waals surface area contributed by atoms with Crippen molar-refractivity contribution in [2.75, 3.05) is 40.4 Å². The number of methoxy groups -OCH3 is 1. The van der Waals surface area contributed by atoms with Crippen LogP contribution in [0.4, 0.5) is 0 Å². The molecule has 0 aliphatic heterocycles. The van der Waals surface area contributed by atoms with Crippen LogP contribution in [-0.2, 0) is 16.4 Å². The van der Waals surface area contributed by atoms with Crippen LogP contribution in [0.1, 0.15) is 18.9 Å². The van der Waals surface area contributed by atoms with Gasteiger partial charge in [0.05, 0.1) is 13.7 Å². The van der Waals surface area contributed by atoms with E-state index in [2.05, 4.69) is 25.3 Å². The van der Waals surface area contributed by atoms with Crippen molar-refractivity contribution in [3.05, 3.63) is 48.3 Å². The van der Waals surface area contributed by atoms with Crippen LogP contribution in [0.25, 0.3) is 0 Å². The molecule has 0 saturated heterocycles. The summed E-state index contributed by atoms with van der Waals surface area (Å²) in [6, 6.07) is 9.04. The van der Waals surface area contributed by atoms with Gasteiger partial charge in [0.15, 0.2) is 17.5 Å². The molecule has 1 aromatic heterocycles. The predicted molar refractivity (Wildman–Crippen MR) is 121 cm³/mol. The Morgan fingerprint density at radius 2 is 1.94 bits per heavy atom. The van der Waals surface area contributed by atoms with Crippen molar-refractivity contribution >= 4 is 16.0 Å². The molecule has 0 aliphatic carbocycles. The zero-order chi connectivity index (χ0) is 22.5. The molecule has 1 aromatic carbocycles. The Morgan fingerprint density at radius 3 is 2.61 bits per heavy atom. The zero-order valence-electron chi connectivity index (χ0n) is 18.2. The van der Waals surface area contributed by atoms with E-state index in [0.29, 0.717) is 19.1 Å². The lowest BCUT2D eigenvalue weighted by atomic mass is 10.1. The molecule has 3 N–H and O–H groups in total. The highest BCUT2D eigenvalue weighted by Gasteiger charge is 2.12. The van der Waals surface area contributed by atoms with Gasteiger partial charge in [0, 0.05) is 39.1 Å². The number of pyridine rings is 1. The van der Waals surface area contributed by atoms with Crippen LogP contribution in [0, 0.1) is 0 Å². The molecule has 9 nitrogen and oxygen atoms in total. The van der Waals surface area contributed by atoms with Gasteiger partial charge in [-0.15, -0.1) is 0 Å². The summed E-state index contributed by atoms with van der Waals surface area (Å²) in [6.45, 7) is 3.87. The van der Waals surface area contributed by atoms with E-state index in [9.17, 15) is 8.42 Å². The fourth-order valence-corrected chi connectivity index (χ4v) is 3.82. The van der Waals surface area contributed by atoms with Crippen LogP contribution in [0.3, 0.4) is 0 Å². The summed E-state index contributed by atoms with van der Waals surface area (Å²) in [5, 5.41) is 6.32. The number of nitrogens with one attached hydrogen (secondary N) is 3. The smallest absolute Gasteiger partial charge is 0.242 e. The Hall–Kier alpha value is -2.85. The Bertz CT molecular complexity index is 936. The molecular formula is C21H31N5O4S. The number of benzene rings is 1. The standard InChI is InChI=1S/C21H31N5O4S/c1-4-30-20-15-17(9-10-19(20)29-3)7-5-12-24-21(22-2)25-13-14-26-31(27,28)18-8-6-11-23-16-18/h6,8-11,15-16,26H,4-5,7,12-14H2,1-3H3,(H2,22,24,25). The number of aliphatic imine (C=N–C) groups is 1. The second-order valence-corrected chi connectivity index (χ2v) is 8.30. The van der Waals surface area contributed by atoms with Gasteiger partial charge in [-0.25, -0.2) is 13.1 Å². The third-order valence-corrected chi connectivity index (χ3v) is 5.79. The van der Waals surface area contributed by atoms with Crippen molar-refractivity contribution in [1.29, 1.82) is 0 Å². The monoisotopic (exact) mass is 449 g/mol. The van der Waals surface area contributed by atoms with Crippen molar-refractivity contribution in [3.63, 3.8) is 0 Å². The Labute approximate surface area is 184 Å². The maximum absolute atomic E-state index is 12.2. The maximum Gasteiger partial charge on any atom is 0.242 e. The van der Waals surface area contributed by atoms with E-state index in [4.69, 9.17) is 9.47 Å². The summed E-state index contributed by atoms with van der Waals surface area (Å²) < 4.78 is 37.8. The normalized spacial score (nSPS) is 11.8. The summed E-state index contributed by atoms with van der Waals surface area (Å²) in [4.78, 5) is 8.13. The number of rotatable bonds is 12. The number of aryl methyl sites for hydroxylation is 1. The Balaban J connectivity index is 1.70. The number of ether oxygens (including phenoxy) is 2. The fraction of sp³-hybridized carbons (Fsp3) is 0.429. The number of guanidine groups is 1. The van der Waals surface area contributed by atoms with Crippen molar-refractivity contribution in [1.82, 2.24) is 20.3 Å². The van der Waals surface area contributed by atoms with E-state index in [-0.39, 0.29) is 11.4 Å². The van der Waals surface area contributed by atoms with Gasteiger partial charge < -0.3 is 20.1 Å². The number of aromatic nitrogens is 1. The average molecular weight is 450 g/mol. The molecule has 2 aromatic rings. The highest BCUT2D eigenvalue weighted by atomic mass is 32.2. The quantitative estimate of drug-likeness (QED) is 0.256. The van der Waals surface area contributed by atoms with Gasteiger partial charge >= 0.3 is 0 Å². The SMILES string of the molecule is CCOc1cc(CCCNC(=NC)NCCNS(=O)(=O)c2cccnc2)ccc1OC. The topological polar surface area (TPSA) is 114 Å². The second-order valence-electron chi connectivity index (χ2n) is 6.53. The van der Waals surface area contributed by atoms with E-state index >= 15 is 0 Å². The van der Waals surface area contributed by atoms with Crippen LogP contribution in [0.2, 0.25) is 0 Å². The highest BCUT2D eigenvalue weighted by molar-refractivity contribution is 7.89. The molecule has 0 radical (unpaired) electrons. The van der Waals surface area contributed by atoms with Crippen LogP contribution in [-0.4, -0.2) is 59.8 Å². The Kier molecular flexibility index (Phi) is 10.0. The molecule has 0 aliphatic rings. The molecule has 0 bridgehead atoms. The van der Waals surface area contributed by atoms with Gasteiger partial charge in [-0.2, -0.15) is 0 Å². The van der Waals surface area contributed by atoms with Crippen LogP contribution >= 0.6 is 0 Å². The van der Waals surface area contributed by atoms with E-state index in [1.54, 1.807) is 20.2 Å². The molecule has 170 valence electrons. The first-order chi connectivity index (χ1) is 15.0. The lowest BCUT2D eigenvalue weighted by Gasteiger charge is -2.13. The number of nitrogens with zero attached hydrogens (tertiary/aromatic N) is 2. The fourth-order valence-electron chi connectivity index (χ4n) is 2.82. The molecule has 0 amide bonds. The largest absolute Gasteiger partial charge is 0.493 e. The van der Waals surface area contributed by atoms with Crippen LogP contribution in [0.15, 0.2) is 52.6 Å². The van der Waals surface area contributed by atoms with E-state index in [0.717, 1.165) is 30.9 Å². The number of sulfonamides is 1. The summed E-state index contributed by atoms with van der Waals surface area (Å²) in [6.07, 6.45) is 4.62. The molecule has 2 rings (SSSR count). The van der Waals surface area contributed by atoms with Gasteiger partial charge in [-0.05, 0) is 49.6 Å². The van der Waals surface area contributed by atoms with Gasteiger partial charge in [0.25, 0.3) is 0 Å². The molecular weight excluding hydrogens is 418 g/mol. The van der Waals surface area contributed by atoms with Crippen molar-refractivity contribution in [2.45, 2.75) is 24.7 Å². The van der Waals surface area contributed by atoms with E-state index in [1.165, 1.54) is 24.0 Å². The minimum atomic E-state index is -3.56. The third-order valence-electron chi connectivity index (χ3n) is 4.34. The number of hydrogen-bond acceptors (Lipinski definition) is 6. The van der Waals surface area contributed by atoms with Gasteiger partial charge in [0.1, 0.15) is 4.90 Å². The minimum absolute atomic E-state index is 0.142. The molecule has 10 heteroatoms. The molecule has 31 heavy (non-hydrogen) atoms. The molecule has 0 spiro atoms. The van der Waals surface area contributed by atoms with E-state index < -0.39 is 10.0 Å². The van der Waals surface area contributed by atoms with Crippen molar-refractivity contribution in [2.24, 2.45) is 4.99 Å². The average Bonchev–Trinajstić information content (AvgIpc) is 2.79. The van der Waals surface area contributed by atoms with Gasteiger partial charge in [-0.1, -0.05) is 6.07 Å². The summed E-state index contributed by atoms with van der Waals surface area (Å²) in [5.74, 6) is 2.10. The third kappa shape index (κ3) is 8.06. The van der Waals surface area contributed by atoms with Gasteiger partial charge in [-0.3, -0.25) is 9.98 Å². The molecule has 0 atom stereocenters. The zero-order valence-corrected chi connectivity index (χ0v) is 19.0. The van der Waals surface area contributed by atoms with Crippen LogP contribution < -0.4 is 24.8 Å². The molecule has 1 heterocycles. The lowest BCUT2D eigenvalue weighted by Crippen LogP contribution is -2.41. The molecule has 0 unspecified atom stereocenters. The summed E-state index contributed by atoms with van der Waals surface area (Å²) >= 11 is 0. The first kappa shape index (κ1) is 24.4. The van der Waals surface area contributed by atoms with Crippen molar-refractivity contribution < 1.29 is 17.9 Å². The van der Waals surface area contributed by atoms with Crippen molar-refractivity contribution in [3.8, 4) is 11.5 Å². The minimum Gasteiger partial charge on any atom is -0.493 e. The summed E-state index contributed by atoms with van der Waals surface area (Å²) in [7, 11) is -0.259. The molecule has 0 saturated carbocycles. The van der Waals surface area contributed by atoms with E-state index in [1.807, 2.05) is 25.1 Å². The summed E-state index contributed by atoms with van der Waals surface area (Å²) in [5.41, 5.74) is 1.17. The predicted octanol–water partition coefficient (Wildman–Crippen LogP) is 1.57. The highest BCUT2D eigenvalue weighted by Crippen LogP contribution is 2.28. The number of hydrogen-bond donors (Lipinski definition) is 3.